The van der Waals surface area contributed by atoms with Gasteiger partial charge in [0, 0.05) is 18.8 Å². The Morgan fingerprint density at radius 2 is 1.67 bits per heavy atom. The maximum atomic E-state index is 12.7. The molecule has 2 aromatic carbocycles. The number of nitrogens with zero attached hydrogens (tertiary/aromatic N) is 1. The van der Waals surface area contributed by atoms with Crippen LogP contribution in [0.1, 0.15) is 43.7 Å². The maximum Gasteiger partial charge on any atom is 0.322 e. The number of aryl methyl sites for hydroxylation is 1. The lowest BCUT2D eigenvalue weighted by molar-refractivity contribution is 0.207. The van der Waals surface area contributed by atoms with E-state index in [1.165, 1.54) is 24.8 Å². The average Bonchev–Trinajstić information content (AvgIpc) is 2.60. The molecule has 0 atom stereocenters. The monoisotopic (exact) mass is 324 g/mol. The Balaban J connectivity index is 1.99. The molecule has 0 radical (unpaired) electrons. The number of unbranched alkanes of at least 4 members (excludes halogenated alkanes) is 3. The van der Waals surface area contributed by atoms with Crippen LogP contribution < -0.4 is 5.32 Å². The van der Waals surface area contributed by atoms with Crippen LogP contribution in [0.2, 0.25) is 0 Å². The van der Waals surface area contributed by atoms with E-state index >= 15 is 0 Å². The van der Waals surface area contributed by atoms with Gasteiger partial charge >= 0.3 is 6.03 Å². The highest BCUT2D eigenvalue weighted by molar-refractivity contribution is 5.89. The Bertz CT molecular complexity index is 607. The summed E-state index contributed by atoms with van der Waals surface area (Å²) in [6, 6.07) is 18.1. The molecule has 0 aliphatic carbocycles. The summed E-state index contributed by atoms with van der Waals surface area (Å²) in [5.41, 5.74) is 3.19. The molecule has 0 heterocycles. The second kappa shape index (κ2) is 9.76. The third-order valence-electron chi connectivity index (χ3n) is 4.09. The summed E-state index contributed by atoms with van der Waals surface area (Å²) < 4.78 is 0. The van der Waals surface area contributed by atoms with E-state index < -0.39 is 0 Å². The first-order valence-electron chi connectivity index (χ1n) is 8.85. The second-order valence-corrected chi connectivity index (χ2v) is 6.26. The van der Waals surface area contributed by atoms with Crippen molar-refractivity contribution in [2.24, 2.45) is 0 Å². The first-order chi connectivity index (χ1) is 11.7. The Morgan fingerprint density at radius 1 is 0.958 bits per heavy atom. The van der Waals surface area contributed by atoms with Crippen molar-refractivity contribution in [3.63, 3.8) is 0 Å². The molecular weight excluding hydrogens is 296 g/mol. The number of benzene rings is 2. The van der Waals surface area contributed by atoms with Gasteiger partial charge in [0.2, 0.25) is 0 Å². The minimum atomic E-state index is -0.0285. The zero-order valence-electron chi connectivity index (χ0n) is 14.8. The van der Waals surface area contributed by atoms with Gasteiger partial charge in [-0.15, -0.1) is 0 Å². The molecule has 24 heavy (non-hydrogen) atoms. The zero-order valence-corrected chi connectivity index (χ0v) is 14.8. The molecule has 0 aliphatic heterocycles. The lowest BCUT2D eigenvalue weighted by Gasteiger charge is -2.23. The molecule has 0 fully saturated rings. The van der Waals surface area contributed by atoms with Gasteiger partial charge in [-0.1, -0.05) is 74.2 Å². The lowest BCUT2D eigenvalue weighted by Crippen LogP contribution is -2.35. The fourth-order valence-electron chi connectivity index (χ4n) is 2.63. The third-order valence-corrected chi connectivity index (χ3v) is 4.09. The number of anilines is 1. The van der Waals surface area contributed by atoms with Gasteiger partial charge in [0.15, 0.2) is 0 Å². The topological polar surface area (TPSA) is 32.3 Å². The number of hydrogen-bond donors (Lipinski definition) is 1. The quantitative estimate of drug-likeness (QED) is 0.629. The van der Waals surface area contributed by atoms with Crippen LogP contribution in [0.25, 0.3) is 0 Å². The molecule has 2 amide bonds. The highest BCUT2D eigenvalue weighted by atomic mass is 16.2. The fourth-order valence-corrected chi connectivity index (χ4v) is 2.63. The van der Waals surface area contributed by atoms with Gasteiger partial charge in [-0.05, 0) is 31.0 Å². The van der Waals surface area contributed by atoms with Gasteiger partial charge in [-0.25, -0.2) is 4.79 Å². The fraction of sp³-hybridized carbons (Fsp3) is 0.381. The van der Waals surface area contributed by atoms with Crippen LogP contribution in [0.15, 0.2) is 54.6 Å². The molecule has 2 aromatic rings. The van der Waals surface area contributed by atoms with Crippen molar-refractivity contribution in [2.75, 3.05) is 11.9 Å². The number of nitrogens with one attached hydrogen (secondary N) is 1. The van der Waals surface area contributed by atoms with Crippen molar-refractivity contribution in [2.45, 2.75) is 46.1 Å². The van der Waals surface area contributed by atoms with E-state index in [1.807, 2.05) is 54.3 Å². The summed E-state index contributed by atoms with van der Waals surface area (Å²) in [5, 5.41) is 3.02. The Morgan fingerprint density at radius 3 is 2.33 bits per heavy atom. The van der Waals surface area contributed by atoms with Gasteiger partial charge in [-0.2, -0.15) is 0 Å². The maximum absolute atomic E-state index is 12.7. The van der Waals surface area contributed by atoms with Crippen LogP contribution in [-0.4, -0.2) is 17.5 Å². The van der Waals surface area contributed by atoms with Crippen LogP contribution in [-0.2, 0) is 6.54 Å². The van der Waals surface area contributed by atoms with Gasteiger partial charge in [-0.3, -0.25) is 0 Å². The summed E-state index contributed by atoms with van der Waals surface area (Å²) in [4.78, 5) is 14.6. The first-order valence-corrected chi connectivity index (χ1v) is 8.85. The van der Waals surface area contributed by atoms with E-state index in [-0.39, 0.29) is 6.03 Å². The number of rotatable bonds is 8. The van der Waals surface area contributed by atoms with Crippen LogP contribution in [0, 0.1) is 6.92 Å². The summed E-state index contributed by atoms with van der Waals surface area (Å²) in [6.45, 7) is 5.67. The summed E-state index contributed by atoms with van der Waals surface area (Å²) in [7, 11) is 0. The zero-order chi connectivity index (χ0) is 17.2. The highest BCUT2D eigenvalue weighted by Crippen LogP contribution is 2.13. The molecule has 1 N–H and O–H groups in total. The molecule has 3 heteroatoms. The predicted molar refractivity (Wildman–Crippen MR) is 101 cm³/mol. The molecular formula is C21H28N2O. The molecule has 2 rings (SSSR count). The SMILES string of the molecule is CCCCCCN(Cc1ccccc1)C(=O)Nc1ccc(C)cc1. The standard InChI is InChI=1S/C21H28N2O/c1-3-4-5-9-16-23(17-19-10-7-6-8-11-19)21(24)22-20-14-12-18(2)13-15-20/h6-8,10-15H,3-5,9,16-17H2,1-2H3,(H,22,24). The van der Waals surface area contributed by atoms with Crippen LogP contribution >= 0.6 is 0 Å². The molecule has 3 nitrogen and oxygen atoms in total. The number of carbonyl (C=O) groups is 1. The normalized spacial score (nSPS) is 10.4. The largest absolute Gasteiger partial charge is 0.322 e. The van der Waals surface area contributed by atoms with Crippen molar-refractivity contribution < 1.29 is 4.79 Å². The Hall–Kier alpha value is -2.29. The molecule has 0 bridgehead atoms. The minimum absolute atomic E-state index is 0.0285. The smallest absolute Gasteiger partial charge is 0.320 e. The summed E-state index contributed by atoms with van der Waals surface area (Å²) in [6.07, 6.45) is 4.63. The van der Waals surface area contributed by atoms with Crippen molar-refractivity contribution in [3.8, 4) is 0 Å². The summed E-state index contributed by atoms with van der Waals surface area (Å²) in [5.74, 6) is 0. The van der Waals surface area contributed by atoms with E-state index in [0.717, 1.165) is 24.2 Å². The number of hydrogen-bond acceptors (Lipinski definition) is 1. The molecule has 0 aromatic heterocycles. The van der Waals surface area contributed by atoms with Crippen molar-refractivity contribution >= 4 is 11.7 Å². The molecule has 0 saturated carbocycles. The minimum Gasteiger partial charge on any atom is -0.320 e. The highest BCUT2D eigenvalue weighted by Gasteiger charge is 2.13. The van der Waals surface area contributed by atoms with Crippen molar-refractivity contribution in [1.29, 1.82) is 0 Å². The van der Waals surface area contributed by atoms with E-state index in [4.69, 9.17) is 0 Å². The molecule has 0 spiro atoms. The van der Waals surface area contributed by atoms with E-state index in [0.29, 0.717) is 6.54 Å². The van der Waals surface area contributed by atoms with E-state index in [2.05, 4.69) is 24.4 Å². The molecule has 128 valence electrons. The van der Waals surface area contributed by atoms with Gasteiger partial charge in [0.05, 0.1) is 0 Å². The Labute approximate surface area is 145 Å². The van der Waals surface area contributed by atoms with Crippen molar-refractivity contribution in [3.05, 3.63) is 65.7 Å². The number of urea groups is 1. The van der Waals surface area contributed by atoms with Crippen LogP contribution in [0.4, 0.5) is 10.5 Å². The van der Waals surface area contributed by atoms with E-state index in [9.17, 15) is 4.79 Å². The van der Waals surface area contributed by atoms with Crippen LogP contribution in [0.5, 0.6) is 0 Å². The summed E-state index contributed by atoms with van der Waals surface area (Å²) >= 11 is 0. The average molecular weight is 324 g/mol. The van der Waals surface area contributed by atoms with Crippen LogP contribution in [0.3, 0.4) is 0 Å². The van der Waals surface area contributed by atoms with Gasteiger partial charge < -0.3 is 10.2 Å². The second-order valence-electron chi connectivity index (χ2n) is 6.26. The molecule has 0 saturated heterocycles. The first kappa shape index (κ1) is 18.1. The van der Waals surface area contributed by atoms with Gasteiger partial charge in [0.25, 0.3) is 0 Å². The third kappa shape index (κ3) is 6.07. The van der Waals surface area contributed by atoms with Gasteiger partial charge in [0.1, 0.15) is 0 Å². The predicted octanol–water partition coefficient (Wildman–Crippen LogP) is 5.61. The molecule has 0 aliphatic rings. The lowest BCUT2D eigenvalue weighted by atomic mass is 10.1. The molecule has 0 unspecified atom stereocenters. The van der Waals surface area contributed by atoms with E-state index in [1.54, 1.807) is 0 Å². The van der Waals surface area contributed by atoms with Crippen molar-refractivity contribution in [1.82, 2.24) is 4.90 Å². The number of carbonyl (C=O) groups excluding carboxylic acids is 1. The number of amides is 2. The Kier molecular flexibility index (Phi) is 7.34.